The molecule has 0 radical (unpaired) electrons. The van der Waals surface area contributed by atoms with Crippen molar-refractivity contribution >= 4 is 5.82 Å². The summed E-state index contributed by atoms with van der Waals surface area (Å²) in [6.07, 6.45) is 4.85. The van der Waals surface area contributed by atoms with Crippen LogP contribution < -0.4 is 4.90 Å². The van der Waals surface area contributed by atoms with E-state index in [4.69, 9.17) is 4.74 Å². The molecule has 0 bridgehead atoms. The van der Waals surface area contributed by atoms with Gasteiger partial charge in [0.2, 0.25) is 0 Å². The summed E-state index contributed by atoms with van der Waals surface area (Å²) in [5.74, 6) is 2.24. The zero-order chi connectivity index (χ0) is 15.4. The number of anilines is 1. The van der Waals surface area contributed by atoms with Gasteiger partial charge in [0.1, 0.15) is 11.6 Å². The number of aromatic nitrogens is 4. The van der Waals surface area contributed by atoms with Crippen molar-refractivity contribution in [3.05, 3.63) is 36.0 Å². The van der Waals surface area contributed by atoms with Crippen molar-refractivity contribution in [1.82, 2.24) is 19.7 Å². The molecular formula is C16H23N5O. The van der Waals surface area contributed by atoms with Crippen molar-refractivity contribution in [3.63, 3.8) is 0 Å². The van der Waals surface area contributed by atoms with Crippen LogP contribution in [0.15, 0.2) is 24.5 Å². The van der Waals surface area contributed by atoms with Crippen LogP contribution in [0.4, 0.5) is 5.82 Å². The van der Waals surface area contributed by atoms with Crippen molar-refractivity contribution in [1.29, 1.82) is 0 Å². The summed E-state index contributed by atoms with van der Waals surface area (Å²) in [5.41, 5.74) is 1.11. The van der Waals surface area contributed by atoms with Crippen LogP contribution >= 0.6 is 0 Å². The summed E-state index contributed by atoms with van der Waals surface area (Å²) < 4.78 is 7.44. The topological polar surface area (TPSA) is 56.1 Å². The molecule has 0 spiro atoms. The maximum absolute atomic E-state index is 5.49. The lowest BCUT2D eigenvalue weighted by Gasteiger charge is -2.23. The summed E-state index contributed by atoms with van der Waals surface area (Å²) in [5, 5.41) is 4.26. The normalized spacial score (nSPS) is 17.8. The molecule has 1 atom stereocenters. The highest BCUT2D eigenvalue weighted by molar-refractivity contribution is 5.40. The molecule has 3 heterocycles. The Morgan fingerprint density at radius 2 is 2.32 bits per heavy atom. The van der Waals surface area contributed by atoms with Gasteiger partial charge in [0.15, 0.2) is 0 Å². The summed E-state index contributed by atoms with van der Waals surface area (Å²) >= 11 is 0. The number of ether oxygens (including phenoxy) is 1. The molecule has 0 N–H and O–H groups in total. The van der Waals surface area contributed by atoms with Crippen LogP contribution in [0.25, 0.3) is 0 Å². The molecule has 1 saturated heterocycles. The number of likely N-dealkylation sites (N-methyl/N-ethyl adjacent to an activating group) is 1. The van der Waals surface area contributed by atoms with Gasteiger partial charge in [-0.2, -0.15) is 5.10 Å². The monoisotopic (exact) mass is 301 g/mol. The van der Waals surface area contributed by atoms with Crippen LogP contribution in [0.5, 0.6) is 0 Å². The third-order valence-electron chi connectivity index (χ3n) is 4.06. The van der Waals surface area contributed by atoms with E-state index in [9.17, 15) is 0 Å². The first kappa shape index (κ1) is 15.0. The number of hydrogen-bond donors (Lipinski definition) is 0. The van der Waals surface area contributed by atoms with E-state index in [1.54, 1.807) is 0 Å². The molecule has 1 aliphatic heterocycles. The van der Waals surface area contributed by atoms with Gasteiger partial charge < -0.3 is 9.64 Å². The average molecular weight is 301 g/mol. The van der Waals surface area contributed by atoms with Crippen LogP contribution in [0.2, 0.25) is 0 Å². The van der Waals surface area contributed by atoms with E-state index in [2.05, 4.69) is 33.0 Å². The summed E-state index contributed by atoms with van der Waals surface area (Å²) in [7, 11) is 0. The third-order valence-corrected chi connectivity index (χ3v) is 4.06. The molecule has 2 aromatic rings. The fourth-order valence-electron chi connectivity index (χ4n) is 2.80. The molecule has 0 aromatic carbocycles. The van der Waals surface area contributed by atoms with E-state index in [-0.39, 0.29) is 0 Å². The minimum Gasteiger partial charge on any atom is -0.381 e. The largest absolute Gasteiger partial charge is 0.381 e. The highest BCUT2D eigenvalue weighted by atomic mass is 16.5. The molecule has 0 aliphatic carbocycles. The van der Waals surface area contributed by atoms with Crippen molar-refractivity contribution < 1.29 is 4.74 Å². The zero-order valence-electron chi connectivity index (χ0n) is 13.3. The molecular weight excluding hydrogens is 278 g/mol. The molecule has 1 fully saturated rings. The maximum Gasteiger partial charge on any atom is 0.132 e. The highest BCUT2D eigenvalue weighted by Crippen LogP contribution is 2.26. The number of rotatable bonds is 6. The van der Waals surface area contributed by atoms with Crippen LogP contribution in [0.3, 0.4) is 0 Å². The average Bonchev–Trinajstić information content (AvgIpc) is 3.21. The number of nitrogens with zero attached hydrogens (tertiary/aromatic N) is 5. The molecule has 2 aromatic heterocycles. The molecule has 22 heavy (non-hydrogen) atoms. The second kappa shape index (κ2) is 6.87. The fourth-order valence-corrected chi connectivity index (χ4v) is 2.80. The Kier molecular flexibility index (Phi) is 4.68. The Balaban J connectivity index is 1.75. The Morgan fingerprint density at radius 3 is 3.00 bits per heavy atom. The third kappa shape index (κ3) is 3.44. The lowest BCUT2D eigenvalue weighted by Crippen LogP contribution is -2.28. The Labute approximate surface area is 131 Å². The maximum atomic E-state index is 5.49. The minimum atomic E-state index is 0.408. The second-order valence-corrected chi connectivity index (χ2v) is 5.61. The molecule has 118 valence electrons. The van der Waals surface area contributed by atoms with Gasteiger partial charge in [-0.25, -0.2) is 9.97 Å². The van der Waals surface area contributed by atoms with E-state index in [0.717, 1.165) is 56.6 Å². The van der Waals surface area contributed by atoms with E-state index in [1.165, 1.54) is 0 Å². The van der Waals surface area contributed by atoms with Gasteiger partial charge in [-0.05, 0) is 26.3 Å². The molecule has 6 heteroatoms. The summed E-state index contributed by atoms with van der Waals surface area (Å²) in [6.45, 7) is 8.37. The standard InChI is InChI=1S/C16H23N5O/c1-3-20(8-9-21-7-4-6-17-21)16-11-15(18-13(2)19-16)14-5-10-22-12-14/h4,6-7,11,14H,3,5,8-10,12H2,1-2H3/t14-/m0/s1. The van der Waals surface area contributed by atoms with Crippen molar-refractivity contribution in [2.24, 2.45) is 0 Å². The van der Waals surface area contributed by atoms with E-state index < -0.39 is 0 Å². The van der Waals surface area contributed by atoms with Crippen LogP contribution in [0.1, 0.15) is 30.8 Å². The first-order valence-corrected chi connectivity index (χ1v) is 7.92. The van der Waals surface area contributed by atoms with Crippen LogP contribution in [0, 0.1) is 6.92 Å². The van der Waals surface area contributed by atoms with Gasteiger partial charge in [0.25, 0.3) is 0 Å². The van der Waals surface area contributed by atoms with Crippen LogP contribution in [-0.4, -0.2) is 46.1 Å². The van der Waals surface area contributed by atoms with Gasteiger partial charge in [-0.1, -0.05) is 0 Å². The Bertz CT molecular complexity index is 593. The van der Waals surface area contributed by atoms with E-state index >= 15 is 0 Å². The van der Waals surface area contributed by atoms with E-state index in [0.29, 0.717) is 5.92 Å². The van der Waals surface area contributed by atoms with Crippen LogP contribution in [-0.2, 0) is 11.3 Å². The number of hydrogen-bond acceptors (Lipinski definition) is 5. The molecule has 6 nitrogen and oxygen atoms in total. The molecule has 0 unspecified atom stereocenters. The van der Waals surface area contributed by atoms with E-state index in [1.807, 2.05) is 30.1 Å². The lowest BCUT2D eigenvalue weighted by molar-refractivity contribution is 0.193. The Hall–Kier alpha value is -1.95. The molecule has 3 rings (SSSR count). The Morgan fingerprint density at radius 1 is 1.41 bits per heavy atom. The van der Waals surface area contributed by atoms with Gasteiger partial charge in [-0.15, -0.1) is 0 Å². The zero-order valence-corrected chi connectivity index (χ0v) is 13.3. The van der Waals surface area contributed by atoms with Gasteiger partial charge >= 0.3 is 0 Å². The summed E-state index contributed by atoms with van der Waals surface area (Å²) in [6, 6.07) is 4.07. The predicted octanol–water partition coefficient (Wildman–Crippen LogP) is 2.01. The predicted molar refractivity (Wildman–Crippen MR) is 85.1 cm³/mol. The molecule has 0 saturated carbocycles. The van der Waals surface area contributed by atoms with Crippen molar-refractivity contribution in [2.45, 2.75) is 32.7 Å². The number of aryl methyl sites for hydroxylation is 1. The second-order valence-electron chi connectivity index (χ2n) is 5.61. The van der Waals surface area contributed by atoms with Gasteiger partial charge in [-0.3, -0.25) is 4.68 Å². The lowest BCUT2D eigenvalue weighted by atomic mass is 10.0. The SMILES string of the molecule is CCN(CCn1cccn1)c1cc([C@H]2CCOC2)nc(C)n1. The molecule has 0 amide bonds. The first-order valence-electron chi connectivity index (χ1n) is 7.92. The first-order chi connectivity index (χ1) is 10.8. The van der Waals surface area contributed by atoms with Crippen molar-refractivity contribution in [3.8, 4) is 0 Å². The molecule has 1 aliphatic rings. The highest BCUT2D eigenvalue weighted by Gasteiger charge is 2.21. The van der Waals surface area contributed by atoms with Gasteiger partial charge in [0, 0.05) is 44.1 Å². The smallest absolute Gasteiger partial charge is 0.132 e. The van der Waals surface area contributed by atoms with Crippen molar-refractivity contribution in [2.75, 3.05) is 31.2 Å². The van der Waals surface area contributed by atoms with Gasteiger partial charge in [0.05, 0.1) is 18.8 Å². The summed E-state index contributed by atoms with van der Waals surface area (Å²) in [4.78, 5) is 11.5. The fraction of sp³-hybridized carbons (Fsp3) is 0.562. The quantitative estimate of drug-likeness (QED) is 0.817. The minimum absolute atomic E-state index is 0.408.